The highest BCUT2D eigenvalue weighted by atomic mass is 16.5. The van der Waals surface area contributed by atoms with E-state index in [-0.39, 0.29) is 12.2 Å². The first kappa shape index (κ1) is 19.7. The summed E-state index contributed by atoms with van der Waals surface area (Å²) in [6, 6.07) is 13.8. The van der Waals surface area contributed by atoms with Crippen molar-refractivity contribution < 1.29 is 28.8 Å². The number of nitriles is 1. The van der Waals surface area contributed by atoms with E-state index in [0.717, 1.165) is 0 Å². The van der Waals surface area contributed by atoms with Gasteiger partial charge < -0.3 is 24.1 Å². The highest BCUT2D eigenvalue weighted by Gasteiger charge is 2.09. The van der Waals surface area contributed by atoms with Crippen LogP contribution in [-0.2, 0) is 4.79 Å². The van der Waals surface area contributed by atoms with Crippen molar-refractivity contribution in [1.82, 2.24) is 0 Å². The normalized spacial score (nSPS) is 10.6. The van der Waals surface area contributed by atoms with Crippen LogP contribution in [0.5, 0.6) is 23.0 Å². The van der Waals surface area contributed by atoms with E-state index in [9.17, 15) is 4.79 Å². The molecule has 0 saturated carbocycles. The molecule has 0 amide bonds. The molecule has 0 saturated heterocycles. The van der Waals surface area contributed by atoms with E-state index >= 15 is 0 Å². The second-order valence-electron chi connectivity index (χ2n) is 5.23. The first-order valence-electron chi connectivity index (χ1n) is 8.00. The van der Waals surface area contributed by atoms with Gasteiger partial charge in [-0.15, -0.1) is 0 Å². The Hall–Kier alpha value is -3.66. The second kappa shape index (κ2) is 9.73. The van der Waals surface area contributed by atoms with Crippen molar-refractivity contribution in [3.63, 3.8) is 0 Å². The summed E-state index contributed by atoms with van der Waals surface area (Å²) in [5.41, 5.74) is 0.152. The maximum atomic E-state index is 10.9. The largest absolute Gasteiger partial charge is 0.493 e. The van der Waals surface area contributed by atoms with Gasteiger partial charge in [0.05, 0.1) is 14.2 Å². The number of nitrogens with zero attached hydrogens (tertiary/aromatic N) is 1. The van der Waals surface area contributed by atoms with Crippen molar-refractivity contribution >= 4 is 12.0 Å². The summed E-state index contributed by atoms with van der Waals surface area (Å²) in [6.45, 7) is 0.560. The second-order valence-corrected chi connectivity index (χ2v) is 5.23. The third-order valence-corrected chi connectivity index (χ3v) is 3.52. The predicted molar refractivity (Wildman–Crippen MR) is 98.2 cm³/mol. The van der Waals surface area contributed by atoms with Gasteiger partial charge in [-0.05, 0) is 35.9 Å². The van der Waals surface area contributed by atoms with Crippen LogP contribution >= 0.6 is 0 Å². The molecular formula is C20H19NO6. The molecule has 1 N–H and O–H groups in total. The lowest BCUT2D eigenvalue weighted by atomic mass is 10.1. The van der Waals surface area contributed by atoms with Crippen LogP contribution in [0, 0.1) is 11.3 Å². The molecule has 0 radical (unpaired) electrons. The number of carbonyl (C=O) groups is 1. The van der Waals surface area contributed by atoms with Gasteiger partial charge in [0.25, 0.3) is 0 Å². The molecule has 0 aromatic heterocycles. The van der Waals surface area contributed by atoms with Crippen LogP contribution in [0.25, 0.3) is 6.08 Å². The molecular weight excluding hydrogens is 350 g/mol. The number of aliphatic carboxylic acids is 1. The van der Waals surface area contributed by atoms with Gasteiger partial charge in [0.1, 0.15) is 24.9 Å². The molecule has 0 unspecified atom stereocenters. The minimum Gasteiger partial charge on any atom is -0.493 e. The Morgan fingerprint density at radius 2 is 1.59 bits per heavy atom. The number of hydrogen-bond acceptors (Lipinski definition) is 6. The molecule has 0 bridgehead atoms. The molecule has 0 atom stereocenters. The van der Waals surface area contributed by atoms with Crippen molar-refractivity contribution in [3.8, 4) is 29.1 Å². The van der Waals surface area contributed by atoms with Gasteiger partial charge in [-0.3, -0.25) is 0 Å². The van der Waals surface area contributed by atoms with Crippen molar-refractivity contribution in [2.45, 2.75) is 0 Å². The van der Waals surface area contributed by atoms with Crippen molar-refractivity contribution in [3.05, 3.63) is 53.6 Å². The molecule has 2 aromatic carbocycles. The predicted octanol–water partition coefficient (Wildman–Crippen LogP) is 3.15. The first-order chi connectivity index (χ1) is 13.1. The fraction of sp³-hybridized carbons (Fsp3) is 0.200. The minimum atomic E-state index is -1.29. The van der Waals surface area contributed by atoms with E-state index in [1.165, 1.54) is 13.2 Å². The summed E-state index contributed by atoms with van der Waals surface area (Å²) in [5, 5.41) is 17.8. The van der Waals surface area contributed by atoms with E-state index in [2.05, 4.69) is 0 Å². The van der Waals surface area contributed by atoms with E-state index in [1.807, 2.05) is 12.1 Å². The quantitative estimate of drug-likeness (QED) is 0.412. The minimum absolute atomic E-state index is 0.266. The Kier molecular flexibility index (Phi) is 7.08. The summed E-state index contributed by atoms with van der Waals surface area (Å²) in [5.74, 6) is 0.868. The molecule has 0 fully saturated rings. The summed E-state index contributed by atoms with van der Waals surface area (Å²) in [4.78, 5) is 10.9. The molecule has 0 aliphatic carbocycles. The van der Waals surface area contributed by atoms with E-state index < -0.39 is 5.97 Å². The highest BCUT2D eigenvalue weighted by Crippen LogP contribution is 2.29. The van der Waals surface area contributed by atoms with Crippen LogP contribution in [0.15, 0.2) is 48.0 Å². The van der Waals surface area contributed by atoms with Crippen molar-refractivity contribution in [2.75, 3.05) is 27.4 Å². The van der Waals surface area contributed by atoms with Crippen LogP contribution in [-0.4, -0.2) is 38.5 Å². The van der Waals surface area contributed by atoms with Gasteiger partial charge >= 0.3 is 5.97 Å². The summed E-state index contributed by atoms with van der Waals surface area (Å²) in [7, 11) is 3.05. The van der Waals surface area contributed by atoms with Gasteiger partial charge in [0.15, 0.2) is 23.0 Å². The van der Waals surface area contributed by atoms with Gasteiger partial charge in [-0.25, -0.2) is 4.79 Å². The smallest absolute Gasteiger partial charge is 0.346 e. The lowest BCUT2D eigenvalue weighted by molar-refractivity contribution is -0.132. The van der Waals surface area contributed by atoms with Crippen LogP contribution in [0.2, 0.25) is 0 Å². The molecule has 7 heteroatoms. The number of carboxylic acid groups (broad SMARTS) is 1. The Balaban J connectivity index is 2.00. The fourth-order valence-electron chi connectivity index (χ4n) is 2.24. The number of ether oxygens (including phenoxy) is 4. The fourth-order valence-corrected chi connectivity index (χ4v) is 2.24. The van der Waals surface area contributed by atoms with Crippen molar-refractivity contribution in [1.29, 1.82) is 5.26 Å². The van der Waals surface area contributed by atoms with E-state index in [4.69, 9.17) is 29.3 Å². The number of methoxy groups -OCH3 is 2. The third-order valence-electron chi connectivity index (χ3n) is 3.52. The summed E-state index contributed by atoms with van der Waals surface area (Å²) >= 11 is 0. The summed E-state index contributed by atoms with van der Waals surface area (Å²) in [6.07, 6.45) is 1.26. The molecule has 7 nitrogen and oxygen atoms in total. The molecule has 0 aliphatic heterocycles. The highest BCUT2D eigenvalue weighted by molar-refractivity contribution is 5.96. The van der Waals surface area contributed by atoms with E-state index in [0.29, 0.717) is 35.2 Å². The lowest BCUT2D eigenvalue weighted by Crippen LogP contribution is -2.10. The van der Waals surface area contributed by atoms with E-state index in [1.54, 1.807) is 43.5 Å². The van der Waals surface area contributed by atoms with Crippen LogP contribution in [0.4, 0.5) is 0 Å². The monoisotopic (exact) mass is 369 g/mol. The molecule has 27 heavy (non-hydrogen) atoms. The third kappa shape index (κ3) is 5.41. The number of benzene rings is 2. The molecule has 0 aliphatic rings. The van der Waals surface area contributed by atoms with Crippen LogP contribution < -0.4 is 18.9 Å². The van der Waals surface area contributed by atoms with Crippen LogP contribution in [0.3, 0.4) is 0 Å². The van der Waals surface area contributed by atoms with Gasteiger partial charge in [0.2, 0.25) is 0 Å². The standard InChI is InChI=1S/C20H19NO6/c1-24-16-5-3-4-6-17(16)26-9-10-27-18-8-7-14(12-19(18)25-2)11-15(13-21)20(22)23/h3-8,11-12H,9-10H2,1-2H3,(H,22,23). The summed E-state index contributed by atoms with van der Waals surface area (Å²) < 4.78 is 21.8. The molecule has 2 rings (SSSR count). The molecule has 0 heterocycles. The topological polar surface area (TPSA) is 98.0 Å². The zero-order valence-electron chi connectivity index (χ0n) is 15.0. The van der Waals surface area contributed by atoms with Gasteiger partial charge in [-0.2, -0.15) is 5.26 Å². The number of para-hydroxylation sites is 2. The zero-order valence-corrected chi connectivity index (χ0v) is 15.0. The molecule has 2 aromatic rings. The van der Waals surface area contributed by atoms with Crippen LogP contribution in [0.1, 0.15) is 5.56 Å². The average molecular weight is 369 g/mol. The van der Waals surface area contributed by atoms with Gasteiger partial charge in [0, 0.05) is 0 Å². The number of rotatable bonds is 9. The Bertz CT molecular complexity index is 869. The molecule has 140 valence electrons. The van der Waals surface area contributed by atoms with Crippen molar-refractivity contribution in [2.24, 2.45) is 0 Å². The lowest BCUT2D eigenvalue weighted by Gasteiger charge is -2.13. The maximum Gasteiger partial charge on any atom is 0.346 e. The first-order valence-corrected chi connectivity index (χ1v) is 8.00. The Morgan fingerprint density at radius 1 is 1.00 bits per heavy atom. The Morgan fingerprint density at radius 3 is 2.15 bits per heavy atom. The number of hydrogen-bond donors (Lipinski definition) is 1. The van der Waals surface area contributed by atoms with Gasteiger partial charge in [-0.1, -0.05) is 18.2 Å². The SMILES string of the molecule is COc1ccccc1OCCOc1ccc(C=C(C#N)C(=O)O)cc1OC. The maximum absolute atomic E-state index is 10.9. The Labute approximate surface area is 157 Å². The average Bonchev–Trinajstić information content (AvgIpc) is 2.69. The zero-order chi connectivity index (χ0) is 19.6. The number of carboxylic acids is 1. The molecule has 0 spiro atoms.